The Bertz CT molecular complexity index is 788. The lowest BCUT2D eigenvalue weighted by atomic mass is 10.2. The highest BCUT2D eigenvalue weighted by molar-refractivity contribution is 7.13. The molecule has 140 valence electrons. The van der Waals surface area contributed by atoms with Gasteiger partial charge in [-0.1, -0.05) is 11.6 Å². The molecule has 2 rings (SSSR count). The maximum absolute atomic E-state index is 12.6. The molecule has 0 aliphatic carbocycles. The molecule has 7 nitrogen and oxygen atoms in total. The summed E-state index contributed by atoms with van der Waals surface area (Å²) in [5, 5.41) is 0.946. The van der Waals surface area contributed by atoms with Crippen LogP contribution in [0, 0.1) is 0 Å². The molecule has 0 fully saturated rings. The van der Waals surface area contributed by atoms with Crippen LogP contribution >= 0.6 is 22.9 Å². The number of hydrogen-bond acceptors (Lipinski definition) is 7. The van der Waals surface area contributed by atoms with E-state index in [1.54, 1.807) is 33.8 Å². The van der Waals surface area contributed by atoms with Gasteiger partial charge in [0.25, 0.3) is 0 Å². The summed E-state index contributed by atoms with van der Waals surface area (Å²) in [6, 6.07) is 1.61. The van der Waals surface area contributed by atoms with Crippen molar-refractivity contribution in [2.75, 3.05) is 11.5 Å². The van der Waals surface area contributed by atoms with Gasteiger partial charge in [0.1, 0.15) is 15.5 Å². The number of halogens is 1. The van der Waals surface area contributed by atoms with Gasteiger partial charge in [0, 0.05) is 6.20 Å². The van der Waals surface area contributed by atoms with Gasteiger partial charge in [-0.05, 0) is 33.8 Å². The van der Waals surface area contributed by atoms with Crippen LogP contribution < -0.4 is 4.90 Å². The normalized spacial score (nSPS) is 11.1. The van der Waals surface area contributed by atoms with Crippen molar-refractivity contribution in [2.24, 2.45) is 0 Å². The SMILES string of the molecule is CCOC(=O)c1cnc(CN(C(=O)OC(C)(C)C)c2cncc(Cl)c2)s1. The molecule has 0 aromatic carbocycles. The van der Waals surface area contributed by atoms with Crippen LogP contribution in [-0.4, -0.2) is 34.2 Å². The molecule has 2 aromatic heterocycles. The Kier molecular flexibility index (Phi) is 6.55. The largest absolute Gasteiger partial charge is 0.462 e. The second kappa shape index (κ2) is 8.46. The number of hydrogen-bond donors (Lipinski definition) is 0. The number of aromatic nitrogens is 2. The Morgan fingerprint density at radius 2 is 2.00 bits per heavy atom. The number of carbonyl (C=O) groups is 2. The molecule has 9 heteroatoms. The third kappa shape index (κ3) is 5.67. The zero-order valence-corrected chi connectivity index (χ0v) is 16.6. The van der Waals surface area contributed by atoms with Gasteiger partial charge in [-0.3, -0.25) is 9.88 Å². The Hall–Kier alpha value is -2.19. The summed E-state index contributed by atoms with van der Waals surface area (Å²) in [5.74, 6) is -0.440. The first-order valence-electron chi connectivity index (χ1n) is 7.92. The number of ether oxygens (including phenoxy) is 2. The summed E-state index contributed by atoms with van der Waals surface area (Å²) < 4.78 is 10.4. The van der Waals surface area contributed by atoms with Crippen molar-refractivity contribution in [2.45, 2.75) is 39.8 Å². The lowest BCUT2D eigenvalue weighted by molar-refractivity contribution is 0.0529. The van der Waals surface area contributed by atoms with Crippen molar-refractivity contribution in [1.29, 1.82) is 0 Å². The molecule has 2 heterocycles. The predicted octanol–water partition coefficient (Wildman–Crippen LogP) is 4.31. The highest BCUT2D eigenvalue weighted by Gasteiger charge is 2.25. The number of thiazole rings is 1. The van der Waals surface area contributed by atoms with E-state index in [1.807, 2.05) is 0 Å². The first-order valence-corrected chi connectivity index (χ1v) is 9.12. The molecule has 0 unspecified atom stereocenters. The zero-order chi connectivity index (χ0) is 19.3. The Labute approximate surface area is 160 Å². The van der Waals surface area contributed by atoms with Gasteiger partial charge >= 0.3 is 12.1 Å². The van der Waals surface area contributed by atoms with E-state index in [0.717, 1.165) is 11.3 Å². The van der Waals surface area contributed by atoms with Crippen LogP contribution in [0.3, 0.4) is 0 Å². The maximum Gasteiger partial charge on any atom is 0.415 e. The minimum atomic E-state index is -0.666. The van der Waals surface area contributed by atoms with E-state index in [-0.39, 0.29) is 13.2 Å². The van der Waals surface area contributed by atoms with Crippen molar-refractivity contribution in [1.82, 2.24) is 9.97 Å². The molecule has 0 bridgehead atoms. The summed E-state index contributed by atoms with van der Waals surface area (Å²) in [4.78, 5) is 34.4. The molecular weight excluding hydrogens is 378 g/mol. The van der Waals surface area contributed by atoms with Crippen LogP contribution in [0.1, 0.15) is 42.4 Å². The lowest BCUT2D eigenvalue weighted by Gasteiger charge is -2.26. The summed E-state index contributed by atoms with van der Waals surface area (Å²) >= 11 is 7.15. The lowest BCUT2D eigenvalue weighted by Crippen LogP contribution is -2.36. The minimum absolute atomic E-state index is 0.112. The number of pyridine rings is 1. The Balaban J connectivity index is 2.27. The van der Waals surface area contributed by atoms with Crippen LogP contribution in [0.15, 0.2) is 24.7 Å². The first-order chi connectivity index (χ1) is 12.2. The van der Waals surface area contributed by atoms with Crippen molar-refractivity contribution < 1.29 is 19.1 Å². The summed E-state index contributed by atoms with van der Waals surface area (Å²) in [6.07, 6.45) is 3.85. The van der Waals surface area contributed by atoms with E-state index in [4.69, 9.17) is 21.1 Å². The van der Waals surface area contributed by atoms with Crippen molar-refractivity contribution in [3.05, 3.63) is 39.6 Å². The van der Waals surface area contributed by atoms with Crippen LogP contribution in [0.5, 0.6) is 0 Å². The zero-order valence-electron chi connectivity index (χ0n) is 15.0. The van der Waals surface area contributed by atoms with Crippen molar-refractivity contribution >= 4 is 40.7 Å². The van der Waals surface area contributed by atoms with Crippen molar-refractivity contribution in [3.63, 3.8) is 0 Å². The second-order valence-corrected chi connectivity index (χ2v) is 7.82. The Morgan fingerprint density at radius 1 is 1.27 bits per heavy atom. The quantitative estimate of drug-likeness (QED) is 0.699. The molecule has 0 atom stereocenters. The second-order valence-electron chi connectivity index (χ2n) is 6.27. The van der Waals surface area contributed by atoms with Gasteiger partial charge in [0.05, 0.1) is 36.3 Å². The van der Waals surface area contributed by atoms with Crippen LogP contribution in [0.4, 0.5) is 10.5 Å². The summed E-state index contributed by atoms with van der Waals surface area (Å²) in [7, 11) is 0. The van der Waals surface area contributed by atoms with E-state index < -0.39 is 17.7 Å². The van der Waals surface area contributed by atoms with E-state index >= 15 is 0 Å². The molecule has 26 heavy (non-hydrogen) atoms. The molecule has 0 spiro atoms. The van der Waals surface area contributed by atoms with Gasteiger partial charge in [0.15, 0.2) is 0 Å². The summed E-state index contributed by atoms with van der Waals surface area (Å²) in [6.45, 7) is 7.46. The summed E-state index contributed by atoms with van der Waals surface area (Å²) in [5.41, 5.74) is -0.194. The molecule has 0 aliphatic rings. The van der Waals surface area contributed by atoms with E-state index in [1.165, 1.54) is 23.5 Å². The number of anilines is 1. The molecule has 0 aliphatic heterocycles. The van der Waals surface area contributed by atoms with E-state index in [2.05, 4.69) is 9.97 Å². The van der Waals surface area contributed by atoms with Gasteiger partial charge in [0.2, 0.25) is 0 Å². The minimum Gasteiger partial charge on any atom is -0.462 e. The third-order valence-electron chi connectivity index (χ3n) is 2.94. The van der Waals surface area contributed by atoms with Gasteiger partial charge in [-0.25, -0.2) is 14.6 Å². The molecule has 2 aromatic rings. The fraction of sp³-hybridized carbons (Fsp3) is 0.412. The van der Waals surface area contributed by atoms with E-state index in [0.29, 0.717) is 20.6 Å². The number of esters is 1. The standard InChI is InChI=1S/C17H20ClN3O4S/c1-5-24-15(22)13-9-20-14(26-13)10-21(16(23)25-17(2,3)4)12-6-11(18)7-19-8-12/h6-9H,5,10H2,1-4H3. The van der Waals surface area contributed by atoms with Crippen LogP contribution in [0.2, 0.25) is 5.02 Å². The van der Waals surface area contributed by atoms with E-state index in [9.17, 15) is 9.59 Å². The fourth-order valence-corrected chi connectivity index (χ4v) is 2.91. The average Bonchev–Trinajstić information content (AvgIpc) is 3.00. The maximum atomic E-state index is 12.6. The van der Waals surface area contributed by atoms with Gasteiger partial charge < -0.3 is 9.47 Å². The number of carbonyl (C=O) groups excluding carboxylic acids is 2. The topological polar surface area (TPSA) is 81.6 Å². The number of amides is 1. The Morgan fingerprint density at radius 3 is 2.62 bits per heavy atom. The molecule has 1 amide bonds. The van der Waals surface area contributed by atoms with Gasteiger partial charge in [-0.2, -0.15) is 0 Å². The average molecular weight is 398 g/mol. The number of rotatable bonds is 5. The predicted molar refractivity (Wildman–Crippen MR) is 99.7 cm³/mol. The third-order valence-corrected chi connectivity index (χ3v) is 4.11. The number of nitrogens with zero attached hydrogens (tertiary/aromatic N) is 3. The molecule has 0 saturated heterocycles. The molecule has 0 saturated carbocycles. The molecule has 0 radical (unpaired) electrons. The van der Waals surface area contributed by atoms with Crippen LogP contribution in [0.25, 0.3) is 0 Å². The highest BCUT2D eigenvalue weighted by atomic mass is 35.5. The smallest absolute Gasteiger partial charge is 0.415 e. The first kappa shape index (κ1) is 20.1. The molecule has 0 N–H and O–H groups in total. The van der Waals surface area contributed by atoms with Crippen LogP contribution in [-0.2, 0) is 16.0 Å². The highest BCUT2D eigenvalue weighted by Crippen LogP contribution is 2.24. The van der Waals surface area contributed by atoms with Gasteiger partial charge in [-0.15, -0.1) is 11.3 Å². The van der Waals surface area contributed by atoms with Crippen molar-refractivity contribution in [3.8, 4) is 0 Å². The monoisotopic (exact) mass is 397 g/mol. The molecular formula is C17H20ClN3O4S. The fourth-order valence-electron chi connectivity index (χ4n) is 1.94.